The zero-order valence-electron chi connectivity index (χ0n) is 10.1. The second-order valence-corrected chi connectivity index (χ2v) is 5.52. The quantitative estimate of drug-likeness (QED) is 0.881. The summed E-state index contributed by atoms with van der Waals surface area (Å²) in [5.74, 6) is -1.30. The first-order valence-corrected chi connectivity index (χ1v) is 6.51. The number of aromatic carboxylic acids is 1. The molecule has 1 aliphatic carbocycles. The summed E-state index contributed by atoms with van der Waals surface area (Å²) in [5, 5.41) is 15.1. The molecule has 2 aliphatic rings. The first-order valence-electron chi connectivity index (χ1n) is 6.13. The Labute approximate surface area is 116 Å². The van der Waals surface area contributed by atoms with Gasteiger partial charge < -0.3 is 10.4 Å². The molecule has 2 atom stereocenters. The van der Waals surface area contributed by atoms with Crippen LogP contribution in [-0.2, 0) is 0 Å². The highest BCUT2D eigenvalue weighted by Gasteiger charge is 2.50. The predicted octanol–water partition coefficient (Wildman–Crippen LogP) is 2.93. The minimum atomic E-state index is -4.49. The topological polar surface area (TPSA) is 67.1 Å². The van der Waals surface area contributed by atoms with Gasteiger partial charge in [-0.15, -0.1) is 0 Å². The van der Waals surface area contributed by atoms with Crippen LogP contribution in [0.5, 0.6) is 0 Å². The molecule has 0 unspecified atom stereocenters. The van der Waals surface area contributed by atoms with Crippen LogP contribution in [-0.4, -0.2) is 33.1 Å². The van der Waals surface area contributed by atoms with Crippen molar-refractivity contribution in [3.05, 3.63) is 10.7 Å². The molecule has 0 amide bonds. The molecule has 110 valence electrons. The molecule has 1 aromatic heterocycles. The Morgan fingerprint density at radius 3 is 2.60 bits per heavy atom. The summed E-state index contributed by atoms with van der Waals surface area (Å²) in [7, 11) is 0. The van der Waals surface area contributed by atoms with Gasteiger partial charge in [-0.3, -0.25) is 0 Å². The summed E-state index contributed by atoms with van der Waals surface area (Å²) in [6.07, 6.45) is -2.90. The average molecular weight is 310 g/mol. The molecule has 9 heteroatoms. The van der Waals surface area contributed by atoms with E-state index < -0.39 is 23.9 Å². The van der Waals surface area contributed by atoms with Crippen LogP contribution in [0, 0.1) is 5.92 Å². The number of halogens is 4. The fourth-order valence-corrected chi connectivity index (χ4v) is 2.82. The maximum Gasteiger partial charge on any atom is 0.410 e. The van der Waals surface area contributed by atoms with Crippen molar-refractivity contribution in [1.29, 1.82) is 0 Å². The molecule has 1 aromatic rings. The van der Waals surface area contributed by atoms with Gasteiger partial charge in [0.25, 0.3) is 0 Å². The van der Waals surface area contributed by atoms with E-state index in [4.69, 9.17) is 16.7 Å². The zero-order chi connectivity index (χ0) is 14.7. The maximum atomic E-state index is 13.1. The summed E-state index contributed by atoms with van der Waals surface area (Å²) in [4.78, 5) is 11.0. The molecule has 0 spiro atoms. The van der Waals surface area contributed by atoms with Crippen LogP contribution in [0.3, 0.4) is 0 Å². The van der Waals surface area contributed by atoms with Crippen molar-refractivity contribution < 1.29 is 23.1 Å². The van der Waals surface area contributed by atoms with Crippen LogP contribution in [0.15, 0.2) is 0 Å². The van der Waals surface area contributed by atoms with Crippen LogP contribution < -0.4 is 5.32 Å². The lowest BCUT2D eigenvalue weighted by Crippen LogP contribution is -2.40. The van der Waals surface area contributed by atoms with Crippen molar-refractivity contribution in [3.8, 4) is 0 Å². The van der Waals surface area contributed by atoms with Gasteiger partial charge in [0.05, 0.1) is 0 Å². The molecule has 0 saturated heterocycles. The number of alkyl halides is 3. The second kappa shape index (κ2) is 4.28. The summed E-state index contributed by atoms with van der Waals surface area (Å²) in [5.41, 5.74) is -0.556. The van der Waals surface area contributed by atoms with Gasteiger partial charge in [0.2, 0.25) is 0 Å². The highest BCUT2D eigenvalue weighted by atomic mass is 35.5. The smallest absolute Gasteiger partial charge is 0.410 e. The van der Waals surface area contributed by atoms with Gasteiger partial charge in [-0.05, 0) is 25.2 Å². The number of carboxylic acid groups (broad SMARTS) is 1. The maximum absolute atomic E-state index is 13.1. The Morgan fingerprint density at radius 2 is 2.10 bits per heavy atom. The Balaban J connectivity index is 2.06. The third kappa shape index (κ3) is 2.11. The number of nitrogens with zero attached hydrogens (tertiary/aromatic N) is 2. The Morgan fingerprint density at radius 1 is 1.45 bits per heavy atom. The third-order valence-electron chi connectivity index (χ3n) is 3.72. The van der Waals surface area contributed by atoms with E-state index >= 15 is 0 Å². The average Bonchev–Trinajstić information content (AvgIpc) is 3.12. The number of anilines is 1. The van der Waals surface area contributed by atoms with Gasteiger partial charge in [-0.1, -0.05) is 11.6 Å². The fraction of sp³-hybridized carbons (Fsp3) is 0.636. The second-order valence-electron chi connectivity index (χ2n) is 5.14. The third-order valence-corrected chi connectivity index (χ3v) is 4.08. The molecule has 0 aromatic carbocycles. The molecule has 5 nitrogen and oxygen atoms in total. The number of hydrogen-bond donors (Lipinski definition) is 2. The van der Waals surface area contributed by atoms with E-state index in [2.05, 4.69) is 10.4 Å². The van der Waals surface area contributed by atoms with Crippen molar-refractivity contribution in [2.75, 3.05) is 5.32 Å². The van der Waals surface area contributed by atoms with Gasteiger partial charge >= 0.3 is 12.1 Å². The van der Waals surface area contributed by atoms with Crippen molar-refractivity contribution in [2.24, 2.45) is 5.92 Å². The summed E-state index contributed by atoms with van der Waals surface area (Å²) < 4.78 is 40.1. The number of nitrogens with one attached hydrogen (secondary N) is 1. The standard InChI is InChI=1S/C11H11ClF3N3O2/c12-7-8(10(19)20)17-18-6(11(13,14)15)3-5(4-1-2-4)16-9(7)18/h4-6,16H,1-3H2,(H,19,20)/t5-,6-/m0/s1. The Kier molecular flexibility index (Phi) is 2.89. The van der Waals surface area contributed by atoms with Crippen LogP contribution >= 0.6 is 11.6 Å². The Hall–Kier alpha value is -1.44. The lowest BCUT2D eigenvalue weighted by atomic mass is 10.0. The minimum Gasteiger partial charge on any atom is -0.476 e. The van der Waals surface area contributed by atoms with E-state index in [0.29, 0.717) is 4.68 Å². The van der Waals surface area contributed by atoms with Crippen molar-refractivity contribution in [3.63, 3.8) is 0 Å². The van der Waals surface area contributed by atoms with Crippen molar-refractivity contribution in [2.45, 2.75) is 37.5 Å². The predicted molar refractivity (Wildman–Crippen MR) is 64.0 cm³/mol. The number of carboxylic acids is 1. The summed E-state index contributed by atoms with van der Waals surface area (Å²) in [6.45, 7) is 0. The molecule has 3 rings (SSSR count). The van der Waals surface area contributed by atoms with Gasteiger partial charge in [0.1, 0.15) is 10.8 Å². The molecule has 1 fully saturated rings. The van der Waals surface area contributed by atoms with Gasteiger partial charge in [-0.25, -0.2) is 9.48 Å². The monoisotopic (exact) mass is 309 g/mol. The van der Waals surface area contributed by atoms with Gasteiger partial charge in [0.15, 0.2) is 11.7 Å². The molecule has 2 heterocycles. The SMILES string of the molecule is O=C(O)c1nn2c(c1Cl)N[C@H](C1CC1)C[C@H]2C(F)(F)F. The molecule has 20 heavy (non-hydrogen) atoms. The van der Waals surface area contributed by atoms with E-state index in [1.54, 1.807) is 0 Å². The number of hydrogen-bond acceptors (Lipinski definition) is 3. The highest BCUT2D eigenvalue weighted by molar-refractivity contribution is 6.35. The molecular weight excluding hydrogens is 299 g/mol. The molecule has 1 aliphatic heterocycles. The zero-order valence-corrected chi connectivity index (χ0v) is 10.9. The first-order chi connectivity index (χ1) is 9.29. The van der Waals surface area contributed by atoms with E-state index in [1.165, 1.54) is 0 Å². The molecule has 2 N–H and O–H groups in total. The molecular formula is C11H11ClF3N3O2. The fourth-order valence-electron chi connectivity index (χ4n) is 2.56. The summed E-state index contributed by atoms with van der Waals surface area (Å²) >= 11 is 5.85. The highest BCUT2D eigenvalue weighted by Crippen LogP contribution is 2.47. The van der Waals surface area contributed by atoms with Crippen LogP contribution in [0.2, 0.25) is 5.02 Å². The van der Waals surface area contributed by atoms with Crippen molar-refractivity contribution in [1.82, 2.24) is 9.78 Å². The molecule has 0 bridgehead atoms. The molecule has 0 radical (unpaired) electrons. The normalized spacial score (nSPS) is 26.0. The van der Waals surface area contributed by atoms with Gasteiger partial charge in [-0.2, -0.15) is 18.3 Å². The number of rotatable bonds is 2. The largest absolute Gasteiger partial charge is 0.476 e. The molecule has 1 saturated carbocycles. The lowest BCUT2D eigenvalue weighted by Gasteiger charge is -2.33. The van der Waals surface area contributed by atoms with Crippen LogP contribution in [0.4, 0.5) is 19.0 Å². The number of fused-ring (bicyclic) bond motifs is 1. The minimum absolute atomic E-state index is 0.0467. The van der Waals surface area contributed by atoms with Crippen LogP contribution in [0.25, 0.3) is 0 Å². The van der Waals surface area contributed by atoms with E-state index in [1.807, 2.05) is 0 Å². The Bertz CT molecular complexity index is 568. The lowest BCUT2D eigenvalue weighted by molar-refractivity contribution is -0.174. The number of aromatic nitrogens is 2. The number of carbonyl (C=O) groups is 1. The van der Waals surface area contributed by atoms with E-state index in [0.717, 1.165) is 12.8 Å². The first kappa shape index (κ1) is 13.5. The van der Waals surface area contributed by atoms with E-state index in [9.17, 15) is 18.0 Å². The van der Waals surface area contributed by atoms with Crippen molar-refractivity contribution >= 4 is 23.4 Å². The van der Waals surface area contributed by atoms with Gasteiger partial charge in [0, 0.05) is 6.04 Å². The van der Waals surface area contributed by atoms with E-state index in [-0.39, 0.29) is 29.2 Å². The van der Waals surface area contributed by atoms with Crippen LogP contribution in [0.1, 0.15) is 35.8 Å². The summed E-state index contributed by atoms with van der Waals surface area (Å²) in [6, 6.07) is -2.18.